The minimum absolute atomic E-state index is 0.0424. The standard InChI is InChI=1S/C13H13ClN2O/c1-8(2)13(17)16-11-7-10(14)6-9-4-3-5-15-12(9)11/h3-8H,1-2H3,(H,16,17). The summed E-state index contributed by atoms with van der Waals surface area (Å²) in [7, 11) is 0. The van der Waals surface area contributed by atoms with Crippen LogP contribution in [0.5, 0.6) is 0 Å². The molecule has 0 bridgehead atoms. The number of anilines is 1. The summed E-state index contributed by atoms with van der Waals surface area (Å²) < 4.78 is 0. The van der Waals surface area contributed by atoms with Gasteiger partial charge in [-0.25, -0.2) is 0 Å². The van der Waals surface area contributed by atoms with Gasteiger partial charge < -0.3 is 5.32 Å². The number of fused-ring (bicyclic) bond motifs is 1. The van der Waals surface area contributed by atoms with E-state index in [9.17, 15) is 4.79 Å². The Hall–Kier alpha value is -1.61. The van der Waals surface area contributed by atoms with Crippen molar-refractivity contribution in [3.8, 4) is 0 Å². The van der Waals surface area contributed by atoms with Gasteiger partial charge in [0.2, 0.25) is 5.91 Å². The second kappa shape index (κ2) is 4.72. The Balaban J connectivity index is 2.49. The van der Waals surface area contributed by atoms with Gasteiger partial charge in [-0.3, -0.25) is 9.78 Å². The minimum Gasteiger partial charge on any atom is -0.324 e. The third-order valence-electron chi connectivity index (χ3n) is 2.45. The van der Waals surface area contributed by atoms with Crippen LogP contribution in [-0.4, -0.2) is 10.9 Å². The Bertz CT molecular complexity index is 566. The molecule has 2 rings (SSSR count). The number of nitrogens with zero attached hydrogens (tertiary/aromatic N) is 1. The van der Waals surface area contributed by atoms with Gasteiger partial charge in [0, 0.05) is 22.5 Å². The van der Waals surface area contributed by atoms with Crippen molar-refractivity contribution in [2.45, 2.75) is 13.8 Å². The second-order valence-electron chi connectivity index (χ2n) is 4.17. The Morgan fingerprint density at radius 2 is 2.18 bits per heavy atom. The lowest BCUT2D eigenvalue weighted by molar-refractivity contribution is -0.118. The van der Waals surface area contributed by atoms with E-state index in [4.69, 9.17) is 11.6 Å². The Labute approximate surface area is 105 Å². The third kappa shape index (κ3) is 2.56. The fraction of sp³-hybridized carbons (Fsp3) is 0.231. The molecule has 0 aliphatic carbocycles. The first kappa shape index (κ1) is 11.9. The number of nitrogens with one attached hydrogen (secondary N) is 1. The molecule has 1 amide bonds. The number of amides is 1. The molecule has 3 nitrogen and oxygen atoms in total. The molecule has 0 saturated carbocycles. The number of hydrogen-bond donors (Lipinski definition) is 1. The van der Waals surface area contributed by atoms with Crippen LogP contribution in [0.2, 0.25) is 5.02 Å². The number of halogens is 1. The molecule has 1 aromatic heterocycles. The fourth-order valence-corrected chi connectivity index (χ4v) is 1.75. The molecule has 1 aromatic carbocycles. The van der Waals surface area contributed by atoms with E-state index in [0.29, 0.717) is 10.7 Å². The Morgan fingerprint density at radius 3 is 2.88 bits per heavy atom. The van der Waals surface area contributed by atoms with Gasteiger partial charge in [0.1, 0.15) is 0 Å². The van der Waals surface area contributed by atoms with Gasteiger partial charge in [0.25, 0.3) is 0 Å². The fourth-order valence-electron chi connectivity index (χ4n) is 1.53. The van der Waals surface area contributed by atoms with E-state index < -0.39 is 0 Å². The number of benzene rings is 1. The van der Waals surface area contributed by atoms with Gasteiger partial charge in [-0.05, 0) is 18.2 Å². The van der Waals surface area contributed by atoms with Gasteiger partial charge in [-0.1, -0.05) is 31.5 Å². The van der Waals surface area contributed by atoms with Crippen LogP contribution in [-0.2, 0) is 4.79 Å². The summed E-state index contributed by atoms with van der Waals surface area (Å²) in [5.41, 5.74) is 1.41. The summed E-state index contributed by atoms with van der Waals surface area (Å²) in [6.45, 7) is 3.69. The zero-order valence-corrected chi connectivity index (χ0v) is 10.5. The average Bonchev–Trinajstić information content (AvgIpc) is 2.28. The van der Waals surface area contributed by atoms with Crippen molar-refractivity contribution in [2.24, 2.45) is 5.92 Å². The second-order valence-corrected chi connectivity index (χ2v) is 4.61. The topological polar surface area (TPSA) is 42.0 Å². The van der Waals surface area contributed by atoms with E-state index >= 15 is 0 Å². The Morgan fingerprint density at radius 1 is 1.41 bits per heavy atom. The molecule has 0 atom stereocenters. The van der Waals surface area contributed by atoms with Gasteiger partial charge in [-0.15, -0.1) is 0 Å². The average molecular weight is 249 g/mol. The predicted octanol–water partition coefficient (Wildman–Crippen LogP) is 3.48. The molecular formula is C13H13ClN2O. The van der Waals surface area contributed by atoms with Crippen molar-refractivity contribution in [1.82, 2.24) is 4.98 Å². The van der Waals surface area contributed by atoms with Gasteiger partial charge in [-0.2, -0.15) is 0 Å². The van der Waals surface area contributed by atoms with Crippen LogP contribution in [0, 0.1) is 5.92 Å². The molecule has 0 aliphatic heterocycles. The molecule has 17 heavy (non-hydrogen) atoms. The predicted molar refractivity (Wildman–Crippen MR) is 70.2 cm³/mol. The van der Waals surface area contributed by atoms with Crippen molar-refractivity contribution in [3.63, 3.8) is 0 Å². The molecule has 88 valence electrons. The number of hydrogen-bond acceptors (Lipinski definition) is 2. The first-order valence-electron chi connectivity index (χ1n) is 5.43. The van der Waals surface area contributed by atoms with Crippen molar-refractivity contribution < 1.29 is 4.79 Å². The van der Waals surface area contributed by atoms with E-state index in [0.717, 1.165) is 10.9 Å². The molecular weight excluding hydrogens is 236 g/mol. The zero-order valence-electron chi connectivity index (χ0n) is 9.70. The molecule has 4 heteroatoms. The van der Waals surface area contributed by atoms with E-state index in [1.807, 2.05) is 32.0 Å². The summed E-state index contributed by atoms with van der Waals surface area (Å²) in [4.78, 5) is 15.9. The first-order chi connectivity index (χ1) is 8.08. The van der Waals surface area contributed by atoms with Crippen molar-refractivity contribution in [1.29, 1.82) is 0 Å². The number of carbonyl (C=O) groups is 1. The number of carbonyl (C=O) groups excluding carboxylic acids is 1. The van der Waals surface area contributed by atoms with Crippen LogP contribution < -0.4 is 5.32 Å². The highest BCUT2D eigenvalue weighted by molar-refractivity contribution is 6.32. The zero-order chi connectivity index (χ0) is 12.4. The van der Waals surface area contributed by atoms with E-state index in [1.165, 1.54) is 0 Å². The maximum atomic E-state index is 11.7. The van der Waals surface area contributed by atoms with Crippen LogP contribution in [0.15, 0.2) is 30.5 Å². The largest absolute Gasteiger partial charge is 0.324 e. The SMILES string of the molecule is CC(C)C(=O)Nc1cc(Cl)cc2cccnc12. The summed E-state index contributed by atoms with van der Waals surface area (Å²) in [6, 6.07) is 7.30. The van der Waals surface area contributed by atoms with Crippen molar-refractivity contribution >= 4 is 34.1 Å². The highest BCUT2D eigenvalue weighted by Gasteiger charge is 2.10. The maximum absolute atomic E-state index is 11.7. The molecule has 1 N–H and O–H groups in total. The number of pyridine rings is 1. The lowest BCUT2D eigenvalue weighted by Gasteiger charge is -2.10. The quantitative estimate of drug-likeness (QED) is 0.884. The monoisotopic (exact) mass is 248 g/mol. The molecule has 0 unspecified atom stereocenters. The lowest BCUT2D eigenvalue weighted by Crippen LogP contribution is -2.18. The van der Waals surface area contributed by atoms with Crippen LogP contribution >= 0.6 is 11.6 Å². The minimum atomic E-state index is -0.0762. The summed E-state index contributed by atoms with van der Waals surface area (Å²) >= 11 is 6.01. The maximum Gasteiger partial charge on any atom is 0.226 e. The first-order valence-corrected chi connectivity index (χ1v) is 5.81. The van der Waals surface area contributed by atoms with Gasteiger partial charge >= 0.3 is 0 Å². The van der Waals surface area contributed by atoms with Crippen LogP contribution in [0.25, 0.3) is 10.9 Å². The van der Waals surface area contributed by atoms with Crippen LogP contribution in [0.1, 0.15) is 13.8 Å². The number of rotatable bonds is 2. The van der Waals surface area contributed by atoms with E-state index in [2.05, 4.69) is 10.3 Å². The number of aromatic nitrogens is 1. The van der Waals surface area contributed by atoms with E-state index in [-0.39, 0.29) is 11.8 Å². The molecule has 0 spiro atoms. The van der Waals surface area contributed by atoms with E-state index in [1.54, 1.807) is 12.3 Å². The van der Waals surface area contributed by atoms with Gasteiger partial charge in [0.05, 0.1) is 11.2 Å². The van der Waals surface area contributed by atoms with Crippen molar-refractivity contribution in [3.05, 3.63) is 35.5 Å². The normalized spacial score (nSPS) is 10.8. The highest BCUT2D eigenvalue weighted by Crippen LogP contribution is 2.26. The summed E-state index contributed by atoms with van der Waals surface area (Å²) in [6.07, 6.45) is 1.70. The highest BCUT2D eigenvalue weighted by atomic mass is 35.5. The molecule has 2 aromatic rings. The molecule has 0 fully saturated rings. The van der Waals surface area contributed by atoms with Gasteiger partial charge in [0.15, 0.2) is 0 Å². The molecule has 1 heterocycles. The van der Waals surface area contributed by atoms with Crippen LogP contribution in [0.4, 0.5) is 5.69 Å². The third-order valence-corrected chi connectivity index (χ3v) is 2.67. The summed E-state index contributed by atoms with van der Waals surface area (Å²) in [5.74, 6) is -0.119. The molecule has 0 radical (unpaired) electrons. The summed E-state index contributed by atoms with van der Waals surface area (Å²) in [5, 5.41) is 4.34. The Kier molecular flexibility index (Phi) is 3.29. The lowest BCUT2D eigenvalue weighted by atomic mass is 10.1. The molecule has 0 aliphatic rings. The van der Waals surface area contributed by atoms with Crippen molar-refractivity contribution in [2.75, 3.05) is 5.32 Å². The van der Waals surface area contributed by atoms with Crippen LogP contribution in [0.3, 0.4) is 0 Å². The molecule has 0 saturated heterocycles. The smallest absolute Gasteiger partial charge is 0.226 e.